The van der Waals surface area contributed by atoms with Crippen LogP contribution in [-0.2, 0) is 14.6 Å². The van der Waals surface area contributed by atoms with E-state index < -0.39 is 9.84 Å². The minimum absolute atomic E-state index is 0.00167. The molecule has 0 aromatic rings. The third-order valence-electron chi connectivity index (χ3n) is 4.12. The zero-order chi connectivity index (χ0) is 14.0. The normalized spacial score (nSPS) is 32.6. The molecule has 5 nitrogen and oxygen atoms in total. The maximum Gasteiger partial charge on any atom is 0.237 e. The molecule has 2 rings (SSSR count). The van der Waals surface area contributed by atoms with Crippen molar-refractivity contribution in [1.29, 1.82) is 0 Å². The highest BCUT2D eigenvalue weighted by Gasteiger charge is 2.38. The van der Waals surface area contributed by atoms with Crippen LogP contribution in [0.1, 0.15) is 39.0 Å². The molecule has 0 spiro atoms. The molecule has 2 fully saturated rings. The summed E-state index contributed by atoms with van der Waals surface area (Å²) in [6.07, 6.45) is 6.96. The number of carbonyl (C=O) groups is 1. The van der Waals surface area contributed by atoms with Crippen LogP contribution in [0.3, 0.4) is 0 Å². The topological polar surface area (TPSA) is 75.3 Å². The van der Waals surface area contributed by atoms with Gasteiger partial charge in [0, 0.05) is 18.3 Å². The van der Waals surface area contributed by atoms with Gasteiger partial charge < -0.3 is 10.6 Å². The van der Waals surface area contributed by atoms with Crippen molar-refractivity contribution in [3.8, 4) is 0 Å². The molecule has 6 heteroatoms. The molecule has 1 saturated heterocycles. The summed E-state index contributed by atoms with van der Waals surface area (Å²) in [5.74, 6) is 0.568. The average molecular weight is 288 g/mol. The van der Waals surface area contributed by atoms with E-state index >= 15 is 0 Å². The number of rotatable bonds is 4. The van der Waals surface area contributed by atoms with Crippen LogP contribution in [0.25, 0.3) is 0 Å². The Bertz CT molecular complexity index is 421. The Balaban J connectivity index is 1.84. The molecule has 2 N–H and O–H groups in total. The van der Waals surface area contributed by atoms with Crippen LogP contribution in [0.15, 0.2) is 0 Å². The number of sulfone groups is 1. The molecule has 1 heterocycles. The van der Waals surface area contributed by atoms with Crippen LogP contribution < -0.4 is 10.6 Å². The lowest BCUT2D eigenvalue weighted by molar-refractivity contribution is -0.123. The lowest BCUT2D eigenvalue weighted by Gasteiger charge is -2.24. The van der Waals surface area contributed by atoms with Gasteiger partial charge in [0.15, 0.2) is 0 Å². The minimum atomic E-state index is -3.05. The fourth-order valence-electron chi connectivity index (χ4n) is 3.36. The van der Waals surface area contributed by atoms with E-state index in [0.29, 0.717) is 12.0 Å². The van der Waals surface area contributed by atoms with Gasteiger partial charge in [0.1, 0.15) is 9.84 Å². The highest BCUT2D eigenvalue weighted by molar-refractivity contribution is 7.90. The van der Waals surface area contributed by atoms with Gasteiger partial charge in [-0.25, -0.2) is 8.42 Å². The second-order valence-corrected chi connectivity index (χ2v) is 8.29. The number of hydrogen-bond acceptors (Lipinski definition) is 4. The van der Waals surface area contributed by atoms with E-state index in [2.05, 4.69) is 10.6 Å². The number of fused-ring (bicyclic) bond motifs is 1. The van der Waals surface area contributed by atoms with E-state index in [1.165, 1.54) is 25.5 Å². The van der Waals surface area contributed by atoms with Gasteiger partial charge in [0.2, 0.25) is 5.91 Å². The van der Waals surface area contributed by atoms with Crippen molar-refractivity contribution in [2.45, 2.75) is 57.2 Å². The molecule has 0 aromatic carbocycles. The summed E-state index contributed by atoms with van der Waals surface area (Å²) in [7, 11) is -3.05. The third-order valence-corrected chi connectivity index (χ3v) is 5.23. The Morgan fingerprint density at radius 2 is 2.05 bits per heavy atom. The SMILES string of the molecule is CC(CS(C)(=O)=O)NC(=O)C1CC2CCCCC2N1. The summed E-state index contributed by atoms with van der Waals surface area (Å²) in [6.45, 7) is 1.74. The molecule has 19 heavy (non-hydrogen) atoms. The molecule has 1 aliphatic heterocycles. The average Bonchev–Trinajstić information content (AvgIpc) is 2.69. The first-order valence-electron chi connectivity index (χ1n) is 7.09. The first-order valence-corrected chi connectivity index (χ1v) is 9.15. The second kappa shape index (κ2) is 5.79. The molecule has 4 unspecified atom stereocenters. The number of amides is 1. The zero-order valence-electron chi connectivity index (χ0n) is 11.7. The standard InChI is InChI=1S/C13H24N2O3S/c1-9(8-19(2,17)18)14-13(16)12-7-10-5-3-4-6-11(10)15-12/h9-12,15H,3-8H2,1-2H3,(H,14,16). The van der Waals surface area contributed by atoms with Crippen molar-refractivity contribution in [2.75, 3.05) is 12.0 Å². The minimum Gasteiger partial charge on any atom is -0.351 e. The maximum atomic E-state index is 12.1. The Morgan fingerprint density at radius 3 is 2.68 bits per heavy atom. The molecule has 0 bridgehead atoms. The van der Waals surface area contributed by atoms with Crippen molar-refractivity contribution in [3.05, 3.63) is 0 Å². The number of nitrogens with one attached hydrogen (secondary N) is 2. The Morgan fingerprint density at radius 1 is 1.37 bits per heavy atom. The van der Waals surface area contributed by atoms with E-state index in [1.54, 1.807) is 6.92 Å². The smallest absolute Gasteiger partial charge is 0.237 e. The van der Waals surface area contributed by atoms with Crippen molar-refractivity contribution < 1.29 is 13.2 Å². The highest BCUT2D eigenvalue weighted by atomic mass is 32.2. The fourth-order valence-corrected chi connectivity index (χ4v) is 4.35. The molecular weight excluding hydrogens is 264 g/mol. The molecule has 1 amide bonds. The summed E-state index contributed by atoms with van der Waals surface area (Å²) in [5, 5.41) is 6.21. The predicted octanol–water partition coefficient (Wildman–Crippen LogP) is 0.456. The highest BCUT2D eigenvalue weighted by Crippen LogP contribution is 2.33. The van der Waals surface area contributed by atoms with Gasteiger partial charge in [-0.05, 0) is 32.1 Å². The Labute approximate surface area is 115 Å². The van der Waals surface area contributed by atoms with Crippen LogP contribution in [0.5, 0.6) is 0 Å². The molecule has 4 atom stereocenters. The first-order chi connectivity index (χ1) is 8.85. The van der Waals surface area contributed by atoms with Gasteiger partial charge in [-0.15, -0.1) is 0 Å². The van der Waals surface area contributed by atoms with E-state index in [1.807, 2.05) is 0 Å². The van der Waals surface area contributed by atoms with Crippen molar-refractivity contribution >= 4 is 15.7 Å². The quantitative estimate of drug-likeness (QED) is 0.788. The van der Waals surface area contributed by atoms with E-state index in [0.717, 1.165) is 12.8 Å². The van der Waals surface area contributed by atoms with Crippen molar-refractivity contribution in [3.63, 3.8) is 0 Å². The van der Waals surface area contributed by atoms with E-state index in [-0.39, 0.29) is 23.7 Å². The Kier molecular flexibility index (Phi) is 4.50. The van der Waals surface area contributed by atoms with E-state index in [4.69, 9.17) is 0 Å². The maximum absolute atomic E-state index is 12.1. The summed E-state index contributed by atoms with van der Waals surface area (Å²) in [6, 6.07) is 0.0109. The molecule has 110 valence electrons. The van der Waals surface area contributed by atoms with Crippen LogP contribution in [-0.4, -0.2) is 44.5 Å². The van der Waals surface area contributed by atoms with Crippen LogP contribution in [0, 0.1) is 5.92 Å². The molecule has 1 saturated carbocycles. The molecule has 1 aliphatic carbocycles. The van der Waals surface area contributed by atoms with Gasteiger partial charge in [0.05, 0.1) is 11.8 Å². The fraction of sp³-hybridized carbons (Fsp3) is 0.923. The van der Waals surface area contributed by atoms with Crippen LogP contribution >= 0.6 is 0 Å². The largest absolute Gasteiger partial charge is 0.351 e. The molecule has 0 radical (unpaired) electrons. The predicted molar refractivity (Wildman–Crippen MR) is 74.6 cm³/mol. The molecule has 2 aliphatic rings. The van der Waals surface area contributed by atoms with Gasteiger partial charge in [-0.1, -0.05) is 12.8 Å². The summed E-state index contributed by atoms with van der Waals surface area (Å²) < 4.78 is 22.4. The summed E-state index contributed by atoms with van der Waals surface area (Å²) in [5.41, 5.74) is 0. The lowest BCUT2D eigenvalue weighted by Crippen LogP contribution is -2.47. The van der Waals surface area contributed by atoms with Crippen molar-refractivity contribution in [1.82, 2.24) is 10.6 Å². The summed E-state index contributed by atoms with van der Waals surface area (Å²) in [4.78, 5) is 12.1. The Hall–Kier alpha value is -0.620. The van der Waals surface area contributed by atoms with Gasteiger partial charge in [0.25, 0.3) is 0 Å². The number of hydrogen-bond donors (Lipinski definition) is 2. The van der Waals surface area contributed by atoms with Gasteiger partial charge >= 0.3 is 0 Å². The molecular formula is C13H24N2O3S. The van der Waals surface area contributed by atoms with Gasteiger partial charge in [-0.2, -0.15) is 0 Å². The molecule has 0 aromatic heterocycles. The van der Waals surface area contributed by atoms with Crippen LogP contribution in [0.4, 0.5) is 0 Å². The zero-order valence-corrected chi connectivity index (χ0v) is 12.5. The van der Waals surface area contributed by atoms with Crippen molar-refractivity contribution in [2.24, 2.45) is 5.92 Å². The number of carbonyl (C=O) groups excluding carboxylic acids is 1. The monoisotopic (exact) mass is 288 g/mol. The van der Waals surface area contributed by atoms with Crippen LogP contribution in [0.2, 0.25) is 0 Å². The van der Waals surface area contributed by atoms with E-state index in [9.17, 15) is 13.2 Å². The second-order valence-electron chi connectivity index (χ2n) is 6.11. The first kappa shape index (κ1) is 14.8. The summed E-state index contributed by atoms with van der Waals surface area (Å²) >= 11 is 0. The third kappa shape index (κ3) is 4.18. The lowest BCUT2D eigenvalue weighted by atomic mass is 9.85. The van der Waals surface area contributed by atoms with Gasteiger partial charge in [-0.3, -0.25) is 4.79 Å².